The zero-order chi connectivity index (χ0) is 18.7. The number of aromatic nitrogens is 1. The number of fused-ring (bicyclic) bond motifs is 1. The molecule has 26 heavy (non-hydrogen) atoms. The Balaban J connectivity index is 1.94. The molecule has 0 bridgehead atoms. The lowest BCUT2D eigenvalue weighted by Gasteiger charge is -2.12. The summed E-state index contributed by atoms with van der Waals surface area (Å²) in [5.41, 5.74) is 1.06. The van der Waals surface area contributed by atoms with Crippen LogP contribution in [0.15, 0.2) is 54.7 Å². The van der Waals surface area contributed by atoms with Gasteiger partial charge in [0.25, 0.3) is 0 Å². The maximum Gasteiger partial charge on any atom is 0.416 e. The van der Waals surface area contributed by atoms with Crippen molar-refractivity contribution in [1.82, 2.24) is 4.98 Å². The molecular weight excluding hydrogens is 345 g/mol. The first-order valence-electron chi connectivity index (χ1n) is 7.88. The number of anilines is 2. The van der Waals surface area contributed by atoms with E-state index in [0.717, 1.165) is 12.1 Å². The number of benzene rings is 2. The summed E-state index contributed by atoms with van der Waals surface area (Å²) in [5.74, 6) is -0.439. The predicted molar refractivity (Wildman–Crippen MR) is 92.4 cm³/mol. The van der Waals surface area contributed by atoms with Gasteiger partial charge in [0, 0.05) is 23.0 Å². The monoisotopic (exact) mass is 360 g/mol. The van der Waals surface area contributed by atoms with Crippen molar-refractivity contribution in [3.63, 3.8) is 0 Å². The normalized spacial score (nSPS) is 11.4. The maximum absolute atomic E-state index is 12.9. The smallest absolute Gasteiger partial charge is 0.416 e. The first-order chi connectivity index (χ1) is 12.4. The van der Waals surface area contributed by atoms with Gasteiger partial charge in [0.15, 0.2) is 0 Å². The molecule has 0 saturated heterocycles. The number of nitrogens with zero attached hydrogens (tertiary/aromatic N) is 1. The largest absolute Gasteiger partial charge is 0.462 e. The van der Waals surface area contributed by atoms with Crippen LogP contribution in [-0.4, -0.2) is 17.6 Å². The van der Waals surface area contributed by atoms with E-state index in [2.05, 4.69) is 10.3 Å². The van der Waals surface area contributed by atoms with Gasteiger partial charge in [-0.05, 0) is 43.3 Å². The van der Waals surface area contributed by atoms with Gasteiger partial charge in [0.05, 0.1) is 23.3 Å². The van der Waals surface area contributed by atoms with Gasteiger partial charge >= 0.3 is 12.1 Å². The molecule has 3 rings (SSSR count). The van der Waals surface area contributed by atoms with E-state index in [4.69, 9.17) is 4.74 Å². The van der Waals surface area contributed by atoms with Crippen molar-refractivity contribution >= 4 is 28.2 Å². The molecule has 0 unspecified atom stereocenters. The molecule has 0 radical (unpaired) electrons. The fraction of sp³-hybridized carbons (Fsp3) is 0.158. The number of halogens is 3. The fourth-order valence-electron chi connectivity index (χ4n) is 2.53. The lowest BCUT2D eigenvalue weighted by molar-refractivity contribution is -0.137. The highest BCUT2D eigenvalue weighted by molar-refractivity contribution is 5.94. The van der Waals surface area contributed by atoms with Crippen molar-refractivity contribution in [3.8, 4) is 0 Å². The number of rotatable bonds is 4. The summed E-state index contributed by atoms with van der Waals surface area (Å²) in [6.45, 7) is 1.99. The van der Waals surface area contributed by atoms with Gasteiger partial charge in [-0.2, -0.15) is 13.2 Å². The van der Waals surface area contributed by atoms with Crippen LogP contribution in [0.5, 0.6) is 0 Å². The summed E-state index contributed by atoms with van der Waals surface area (Å²) >= 11 is 0. The zero-order valence-corrected chi connectivity index (χ0v) is 13.8. The third-order valence-electron chi connectivity index (χ3n) is 3.72. The summed E-state index contributed by atoms with van der Waals surface area (Å²) < 4.78 is 43.5. The second kappa shape index (κ2) is 7.03. The number of pyridine rings is 1. The summed E-state index contributed by atoms with van der Waals surface area (Å²) in [7, 11) is 0. The van der Waals surface area contributed by atoms with Gasteiger partial charge in [-0.25, -0.2) is 4.79 Å². The van der Waals surface area contributed by atoms with Crippen molar-refractivity contribution in [2.45, 2.75) is 13.1 Å². The number of nitrogens with one attached hydrogen (secondary N) is 1. The Labute approximate surface area is 147 Å². The van der Waals surface area contributed by atoms with E-state index >= 15 is 0 Å². The van der Waals surface area contributed by atoms with Crippen LogP contribution in [0.3, 0.4) is 0 Å². The molecule has 7 heteroatoms. The molecule has 0 spiro atoms. The number of alkyl halides is 3. The van der Waals surface area contributed by atoms with Crippen molar-refractivity contribution in [2.24, 2.45) is 0 Å². The highest BCUT2D eigenvalue weighted by atomic mass is 19.4. The van der Waals surface area contributed by atoms with E-state index in [1.165, 1.54) is 12.3 Å². The average Bonchev–Trinajstić information content (AvgIpc) is 2.61. The van der Waals surface area contributed by atoms with Crippen LogP contribution in [-0.2, 0) is 10.9 Å². The highest BCUT2D eigenvalue weighted by Crippen LogP contribution is 2.33. The zero-order valence-electron chi connectivity index (χ0n) is 13.8. The Morgan fingerprint density at radius 3 is 2.69 bits per heavy atom. The second-order valence-electron chi connectivity index (χ2n) is 5.51. The molecule has 0 saturated carbocycles. The average molecular weight is 360 g/mol. The first kappa shape index (κ1) is 17.7. The lowest BCUT2D eigenvalue weighted by atomic mass is 10.1. The molecular formula is C19H15F3N2O2. The minimum atomic E-state index is -4.42. The number of carbonyl (C=O) groups excluding carboxylic acids is 1. The molecule has 3 aromatic rings. The van der Waals surface area contributed by atoms with Gasteiger partial charge in [-0.15, -0.1) is 0 Å². The number of ether oxygens (including phenoxy) is 1. The molecule has 1 N–H and O–H groups in total. The topological polar surface area (TPSA) is 51.2 Å². The molecule has 0 aliphatic heterocycles. The Hall–Kier alpha value is -3.09. The van der Waals surface area contributed by atoms with Crippen LogP contribution < -0.4 is 5.32 Å². The highest BCUT2D eigenvalue weighted by Gasteiger charge is 2.30. The second-order valence-corrected chi connectivity index (χ2v) is 5.51. The SMILES string of the molecule is CCOC(=O)c1cccc(Nc2ccnc3cc(C(F)(F)F)ccc23)c1. The van der Waals surface area contributed by atoms with Crippen molar-refractivity contribution in [2.75, 3.05) is 11.9 Å². The molecule has 0 aliphatic rings. The summed E-state index contributed by atoms with van der Waals surface area (Å²) in [4.78, 5) is 15.8. The van der Waals surface area contributed by atoms with Crippen LogP contribution in [0.2, 0.25) is 0 Å². The van der Waals surface area contributed by atoms with E-state index in [9.17, 15) is 18.0 Å². The minimum Gasteiger partial charge on any atom is -0.462 e. The maximum atomic E-state index is 12.9. The van der Waals surface area contributed by atoms with Gasteiger partial charge in [0.1, 0.15) is 0 Å². The Morgan fingerprint density at radius 2 is 1.96 bits per heavy atom. The van der Waals surface area contributed by atoms with Crippen LogP contribution in [0.25, 0.3) is 10.9 Å². The Kier molecular flexibility index (Phi) is 4.79. The van der Waals surface area contributed by atoms with Crippen molar-refractivity contribution in [3.05, 3.63) is 65.9 Å². The predicted octanol–water partition coefficient (Wildman–Crippen LogP) is 5.17. The number of hydrogen-bond donors (Lipinski definition) is 1. The van der Waals surface area contributed by atoms with Crippen LogP contribution in [0.4, 0.5) is 24.5 Å². The summed E-state index contributed by atoms with van der Waals surface area (Å²) in [6, 6.07) is 11.8. The number of esters is 1. The molecule has 0 amide bonds. The number of hydrogen-bond acceptors (Lipinski definition) is 4. The molecule has 1 heterocycles. The van der Waals surface area contributed by atoms with E-state index in [1.54, 1.807) is 37.3 Å². The Morgan fingerprint density at radius 1 is 1.15 bits per heavy atom. The Bertz CT molecular complexity index is 955. The van der Waals surface area contributed by atoms with Gasteiger partial charge in [-0.1, -0.05) is 12.1 Å². The molecule has 0 aliphatic carbocycles. The first-order valence-corrected chi connectivity index (χ1v) is 7.88. The summed E-state index contributed by atoms with van der Waals surface area (Å²) in [6.07, 6.45) is -2.99. The van der Waals surface area contributed by atoms with Crippen molar-refractivity contribution in [1.29, 1.82) is 0 Å². The molecule has 4 nitrogen and oxygen atoms in total. The van der Waals surface area contributed by atoms with E-state index in [1.807, 2.05) is 0 Å². The van der Waals surface area contributed by atoms with Gasteiger partial charge in [-0.3, -0.25) is 4.98 Å². The van der Waals surface area contributed by atoms with Gasteiger partial charge < -0.3 is 10.1 Å². The van der Waals surface area contributed by atoms with Crippen LogP contribution in [0.1, 0.15) is 22.8 Å². The lowest BCUT2D eigenvalue weighted by Crippen LogP contribution is -2.05. The third kappa shape index (κ3) is 3.77. The molecule has 134 valence electrons. The van der Waals surface area contributed by atoms with E-state index < -0.39 is 17.7 Å². The van der Waals surface area contributed by atoms with E-state index in [-0.39, 0.29) is 12.1 Å². The molecule has 2 aromatic carbocycles. The van der Waals surface area contributed by atoms with E-state index in [0.29, 0.717) is 22.3 Å². The van der Waals surface area contributed by atoms with Crippen molar-refractivity contribution < 1.29 is 22.7 Å². The quantitative estimate of drug-likeness (QED) is 0.652. The number of carbonyl (C=O) groups is 1. The third-order valence-corrected chi connectivity index (χ3v) is 3.72. The van der Waals surface area contributed by atoms with Gasteiger partial charge in [0.2, 0.25) is 0 Å². The molecule has 0 fully saturated rings. The molecule has 1 aromatic heterocycles. The molecule has 0 atom stereocenters. The minimum absolute atomic E-state index is 0.228. The summed E-state index contributed by atoms with van der Waals surface area (Å²) in [5, 5.41) is 3.66. The fourth-order valence-corrected chi connectivity index (χ4v) is 2.53. The standard InChI is InChI=1S/C19H15F3N2O2/c1-2-26-18(25)12-4-3-5-14(10-12)24-16-8-9-23-17-11-13(19(20,21)22)6-7-15(16)17/h3-11H,2H2,1H3,(H,23,24). The van der Waals surface area contributed by atoms with Crippen LogP contribution in [0, 0.1) is 0 Å². The van der Waals surface area contributed by atoms with Crippen LogP contribution >= 0.6 is 0 Å².